The molecule has 0 fully saturated rings. The van der Waals surface area contributed by atoms with Crippen LogP contribution in [0.15, 0.2) is 0 Å². The second-order valence-corrected chi connectivity index (χ2v) is 4.22. The predicted octanol–water partition coefficient (Wildman–Crippen LogP) is 3.26. The molecule has 0 aromatic heterocycles. The van der Waals surface area contributed by atoms with Gasteiger partial charge in [0.2, 0.25) is 0 Å². The van der Waals surface area contributed by atoms with Gasteiger partial charge in [-0.3, -0.25) is 9.59 Å². The molecule has 16 heavy (non-hydrogen) atoms. The van der Waals surface area contributed by atoms with Crippen LogP contribution in [-0.4, -0.2) is 17.9 Å². The van der Waals surface area contributed by atoms with Crippen LogP contribution in [-0.2, 0) is 14.3 Å². The fourth-order valence-corrected chi connectivity index (χ4v) is 1.77. The number of rotatable bonds is 9. The minimum Gasteiger partial charge on any atom is -0.451 e. The minimum absolute atomic E-state index is 0.281. The lowest BCUT2D eigenvalue weighted by molar-refractivity contribution is -0.164. The van der Waals surface area contributed by atoms with Crippen LogP contribution in [0.3, 0.4) is 0 Å². The van der Waals surface area contributed by atoms with Gasteiger partial charge in [0, 0.05) is 6.42 Å². The maximum atomic E-state index is 11.3. The van der Waals surface area contributed by atoms with E-state index in [-0.39, 0.29) is 5.97 Å². The second kappa shape index (κ2) is 8.31. The lowest BCUT2D eigenvalue weighted by Crippen LogP contribution is -2.36. The Morgan fingerprint density at radius 1 is 1.12 bits per heavy atom. The van der Waals surface area contributed by atoms with Crippen molar-refractivity contribution in [3.63, 3.8) is 0 Å². The Morgan fingerprint density at radius 3 is 2.25 bits per heavy atom. The summed E-state index contributed by atoms with van der Waals surface area (Å²) in [7, 11) is 0. The highest BCUT2D eigenvalue weighted by Crippen LogP contribution is 2.24. The molecule has 0 saturated carbocycles. The Kier molecular flexibility index (Phi) is 7.86. The standard InChI is InChI=1S/C13H24O3/c1-4-7-8-10-13(11-14,9-5-2)16-12(15)6-3/h11H,4-10H2,1-3H3. The van der Waals surface area contributed by atoms with E-state index in [1.54, 1.807) is 6.92 Å². The van der Waals surface area contributed by atoms with Crippen molar-refractivity contribution in [2.45, 2.75) is 71.3 Å². The predicted molar refractivity (Wildman–Crippen MR) is 64.2 cm³/mol. The molecule has 0 saturated heterocycles. The lowest BCUT2D eigenvalue weighted by Gasteiger charge is -2.27. The number of unbranched alkanes of at least 4 members (excludes halogenated alkanes) is 2. The van der Waals surface area contributed by atoms with Crippen molar-refractivity contribution >= 4 is 12.3 Å². The Hall–Kier alpha value is -0.860. The van der Waals surface area contributed by atoms with Crippen molar-refractivity contribution in [1.29, 1.82) is 0 Å². The molecule has 0 spiro atoms. The third kappa shape index (κ3) is 5.29. The first-order valence-electron chi connectivity index (χ1n) is 6.32. The van der Waals surface area contributed by atoms with Gasteiger partial charge in [-0.25, -0.2) is 0 Å². The van der Waals surface area contributed by atoms with Crippen LogP contribution in [0.25, 0.3) is 0 Å². The molecule has 94 valence electrons. The SMILES string of the molecule is CCCCCC(C=O)(CCC)OC(=O)CC. The molecular weight excluding hydrogens is 204 g/mol. The first kappa shape index (κ1) is 15.1. The van der Waals surface area contributed by atoms with E-state index in [1.807, 2.05) is 6.92 Å². The molecule has 0 aliphatic rings. The molecule has 0 aliphatic heterocycles. The van der Waals surface area contributed by atoms with Crippen molar-refractivity contribution in [3.05, 3.63) is 0 Å². The lowest BCUT2D eigenvalue weighted by atomic mass is 9.92. The summed E-state index contributed by atoms with van der Waals surface area (Å²) in [6, 6.07) is 0. The fourth-order valence-electron chi connectivity index (χ4n) is 1.77. The average molecular weight is 228 g/mol. The van der Waals surface area contributed by atoms with E-state index in [0.29, 0.717) is 19.3 Å². The zero-order valence-electron chi connectivity index (χ0n) is 10.8. The number of ether oxygens (including phenoxy) is 1. The molecule has 0 heterocycles. The Balaban J connectivity index is 4.43. The third-order valence-electron chi connectivity index (χ3n) is 2.70. The second-order valence-electron chi connectivity index (χ2n) is 4.22. The molecule has 1 unspecified atom stereocenters. The first-order valence-corrected chi connectivity index (χ1v) is 6.32. The van der Waals surface area contributed by atoms with Crippen LogP contribution in [0.5, 0.6) is 0 Å². The summed E-state index contributed by atoms with van der Waals surface area (Å²) in [5.74, 6) is -0.281. The van der Waals surface area contributed by atoms with Gasteiger partial charge in [-0.1, -0.05) is 40.0 Å². The van der Waals surface area contributed by atoms with Crippen LogP contribution in [0, 0.1) is 0 Å². The molecule has 0 aromatic carbocycles. The summed E-state index contributed by atoms with van der Waals surface area (Å²) in [5.41, 5.74) is -0.864. The molecule has 3 nitrogen and oxygen atoms in total. The van der Waals surface area contributed by atoms with E-state index in [9.17, 15) is 9.59 Å². The summed E-state index contributed by atoms with van der Waals surface area (Å²) in [4.78, 5) is 22.5. The molecule has 0 rings (SSSR count). The maximum Gasteiger partial charge on any atom is 0.306 e. The monoisotopic (exact) mass is 228 g/mol. The third-order valence-corrected chi connectivity index (χ3v) is 2.70. The van der Waals surface area contributed by atoms with E-state index in [1.165, 1.54) is 0 Å². The molecule has 0 amide bonds. The topological polar surface area (TPSA) is 43.4 Å². The minimum atomic E-state index is -0.864. The zero-order chi connectivity index (χ0) is 12.4. The number of carbonyl (C=O) groups is 2. The van der Waals surface area contributed by atoms with E-state index in [2.05, 4.69) is 6.92 Å². The number of hydrogen-bond donors (Lipinski definition) is 0. The first-order chi connectivity index (χ1) is 7.64. The summed E-state index contributed by atoms with van der Waals surface area (Å²) in [6.45, 7) is 5.86. The normalized spacial score (nSPS) is 14.2. The summed E-state index contributed by atoms with van der Waals surface area (Å²) < 4.78 is 5.32. The van der Waals surface area contributed by atoms with E-state index < -0.39 is 5.60 Å². The van der Waals surface area contributed by atoms with Crippen molar-refractivity contribution in [1.82, 2.24) is 0 Å². The quantitative estimate of drug-likeness (QED) is 0.345. The van der Waals surface area contributed by atoms with E-state index in [0.717, 1.165) is 32.0 Å². The highest BCUT2D eigenvalue weighted by atomic mass is 16.6. The van der Waals surface area contributed by atoms with Crippen molar-refractivity contribution < 1.29 is 14.3 Å². The summed E-state index contributed by atoms with van der Waals surface area (Å²) >= 11 is 0. The Bertz CT molecular complexity index is 213. The van der Waals surface area contributed by atoms with Gasteiger partial charge in [0.05, 0.1) is 0 Å². The van der Waals surface area contributed by atoms with Crippen LogP contribution in [0.2, 0.25) is 0 Å². The highest BCUT2D eigenvalue weighted by molar-refractivity contribution is 5.74. The van der Waals surface area contributed by atoms with E-state index in [4.69, 9.17) is 4.74 Å². The van der Waals surface area contributed by atoms with Crippen LogP contribution >= 0.6 is 0 Å². The van der Waals surface area contributed by atoms with Gasteiger partial charge >= 0.3 is 5.97 Å². The van der Waals surface area contributed by atoms with Crippen LogP contribution in [0.4, 0.5) is 0 Å². The number of carbonyl (C=O) groups excluding carboxylic acids is 2. The molecule has 0 N–H and O–H groups in total. The van der Waals surface area contributed by atoms with Crippen molar-refractivity contribution in [2.24, 2.45) is 0 Å². The largest absolute Gasteiger partial charge is 0.451 e. The van der Waals surface area contributed by atoms with Crippen LogP contribution < -0.4 is 0 Å². The van der Waals surface area contributed by atoms with Gasteiger partial charge < -0.3 is 4.74 Å². The van der Waals surface area contributed by atoms with Crippen molar-refractivity contribution in [2.75, 3.05) is 0 Å². The molecular formula is C13H24O3. The molecule has 0 radical (unpaired) electrons. The Labute approximate surface area is 98.6 Å². The van der Waals surface area contributed by atoms with Gasteiger partial charge in [0.15, 0.2) is 11.9 Å². The Morgan fingerprint density at radius 2 is 1.81 bits per heavy atom. The fraction of sp³-hybridized carbons (Fsp3) is 0.846. The van der Waals surface area contributed by atoms with Gasteiger partial charge in [0.1, 0.15) is 0 Å². The van der Waals surface area contributed by atoms with Crippen molar-refractivity contribution in [3.8, 4) is 0 Å². The van der Waals surface area contributed by atoms with Gasteiger partial charge in [0.25, 0.3) is 0 Å². The van der Waals surface area contributed by atoms with Gasteiger partial charge in [-0.2, -0.15) is 0 Å². The van der Waals surface area contributed by atoms with Crippen LogP contribution in [0.1, 0.15) is 65.7 Å². The zero-order valence-corrected chi connectivity index (χ0v) is 10.8. The molecule has 1 atom stereocenters. The maximum absolute atomic E-state index is 11.3. The van der Waals surface area contributed by atoms with Gasteiger partial charge in [-0.15, -0.1) is 0 Å². The smallest absolute Gasteiger partial charge is 0.306 e. The molecule has 3 heteroatoms. The number of aldehydes is 1. The number of hydrogen-bond acceptors (Lipinski definition) is 3. The summed E-state index contributed by atoms with van der Waals surface area (Å²) in [6.07, 6.45) is 6.39. The number of esters is 1. The molecule has 0 aromatic rings. The van der Waals surface area contributed by atoms with Gasteiger partial charge in [-0.05, 0) is 19.3 Å². The molecule has 0 bridgehead atoms. The van der Waals surface area contributed by atoms with E-state index >= 15 is 0 Å². The molecule has 0 aliphatic carbocycles. The summed E-state index contributed by atoms with van der Waals surface area (Å²) in [5, 5.41) is 0. The highest BCUT2D eigenvalue weighted by Gasteiger charge is 2.32. The average Bonchev–Trinajstić information content (AvgIpc) is 2.29.